The molecular weight excluding hydrogens is 186 g/mol. The zero-order valence-corrected chi connectivity index (χ0v) is 9.57. The molecule has 0 heterocycles. The summed E-state index contributed by atoms with van der Waals surface area (Å²) in [6.45, 7) is 0. The first-order chi connectivity index (χ1) is 7.36. The van der Waals surface area contributed by atoms with Crippen molar-refractivity contribution in [2.75, 3.05) is 0 Å². The minimum absolute atomic E-state index is 0.119. The van der Waals surface area contributed by atoms with Gasteiger partial charge in [-0.2, -0.15) is 0 Å². The van der Waals surface area contributed by atoms with Crippen molar-refractivity contribution in [3.05, 3.63) is 0 Å². The second-order valence-corrected chi connectivity index (χ2v) is 5.11. The average Bonchev–Trinajstić information content (AvgIpc) is 2.29. The summed E-state index contributed by atoms with van der Waals surface area (Å²) in [7, 11) is 0. The van der Waals surface area contributed by atoms with Crippen molar-refractivity contribution in [2.45, 2.75) is 69.9 Å². The fourth-order valence-corrected chi connectivity index (χ4v) is 2.78. The summed E-state index contributed by atoms with van der Waals surface area (Å²) in [6, 6.07) is 0.563. The van der Waals surface area contributed by atoms with E-state index in [0.717, 1.165) is 12.8 Å². The van der Waals surface area contributed by atoms with Crippen LogP contribution in [0, 0.1) is 5.92 Å². The van der Waals surface area contributed by atoms with Crippen molar-refractivity contribution >= 4 is 6.21 Å². The molecule has 15 heavy (non-hydrogen) atoms. The monoisotopic (exact) mass is 209 g/mol. The van der Waals surface area contributed by atoms with Crippen LogP contribution in [0.2, 0.25) is 0 Å². The Morgan fingerprint density at radius 2 is 1.53 bits per heavy atom. The van der Waals surface area contributed by atoms with E-state index >= 15 is 0 Å². The van der Waals surface area contributed by atoms with Crippen molar-refractivity contribution < 1.29 is 5.11 Å². The first-order valence-corrected chi connectivity index (χ1v) is 6.57. The molecule has 0 spiro atoms. The third kappa shape index (κ3) is 3.30. The Bertz CT molecular complexity index is 209. The van der Waals surface area contributed by atoms with Crippen LogP contribution in [-0.4, -0.2) is 23.5 Å². The van der Waals surface area contributed by atoms with Gasteiger partial charge in [-0.05, 0) is 25.7 Å². The molecule has 2 unspecified atom stereocenters. The number of hydrogen-bond acceptors (Lipinski definition) is 2. The van der Waals surface area contributed by atoms with Gasteiger partial charge in [0.2, 0.25) is 0 Å². The van der Waals surface area contributed by atoms with Gasteiger partial charge in [0.25, 0.3) is 0 Å². The van der Waals surface area contributed by atoms with Crippen LogP contribution in [0.3, 0.4) is 0 Å². The highest BCUT2D eigenvalue weighted by Gasteiger charge is 2.21. The number of rotatable bonds is 2. The van der Waals surface area contributed by atoms with E-state index in [1.165, 1.54) is 44.9 Å². The van der Waals surface area contributed by atoms with Crippen molar-refractivity contribution in [1.82, 2.24) is 0 Å². The fourth-order valence-electron chi connectivity index (χ4n) is 2.78. The van der Waals surface area contributed by atoms with Crippen LogP contribution < -0.4 is 0 Å². The van der Waals surface area contributed by atoms with Gasteiger partial charge in [0.05, 0.1) is 6.10 Å². The maximum atomic E-state index is 9.81. The Hall–Kier alpha value is -0.370. The van der Waals surface area contributed by atoms with Crippen LogP contribution in [0.4, 0.5) is 0 Å². The van der Waals surface area contributed by atoms with Gasteiger partial charge in [-0.15, -0.1) is 0 Å². The Morgan fingerprint density at radius 3 is 2.27 bits per heavy atom. The zero-order chi connectivity index (χ0) is 10.5. The predicted molar refractivity (Wildman–Crippen MR) is 63.3 cm³/mol. The van der Waals surface area contributed by atoms with Gasteiger partial charge in [-0.3, -0.25) is 4.99 Å². The summed E-state index contributed by atoms with van der Waals surface area (Å²) >= 11 is 0. The van der Waals surface area contributed by atoms with Crippen LogP contribution >= 0.6 is 0 Å². The lowest BCUT2D eigenvalue weighted by Gasteiger charge is -2.25. The van der Waals surface area contributed by atoms with E-state index < -0.39 is 0 Å². The molecule has 0 aromatic carbocycles. The Labute approximate surface area is 92.8 Å². The SMILES string of the molecule is OC1CCCCC1C=NC1CCCCC1. The van der Waals surface area contributed by atoms with Crippen LogP contribution in [0.1, 0.15) is 57.8 Å². The zero-order valence-electron chi connectivity index (χ0n) is 9.57. The lowest BCUT2D eigenvalue weighted by atomic mass is 9.87. The topological polar surface area (TPSA) is 32.6 Å². The first-order valence-electron chi connectivity index (χ1n) is 6.57. The van der Waals surface area contributed by atoms with Gasteiger partial charge in [-0.25, -0.2) is 0 Å². The lowest BCUT2D eigenvalue weighted by Crippen LogP contribution is -2.26. The van der Waals surface area contributed by atoms with Gasteiger partial charge in [0.1, 0.15) is 0 Å². The van der Waals surface area contributed by atoms with E-state index in [2.05, 4.69) is 11.2 Å². The highest BCUT2D eigenvalue weighted by molar-refractivity contribution is 5.62. The molecule has 0 aromatic heterocycles. The maximum Gasteiger partial charge on any atom is 0.0617 e. The number of nitrogens with zero attached hydrogens (tertiary/aromatic N) is 1. The van der Waals surface area contributed by atoms with Crippen LogP contribution in [0.5, 0.6) is 0 Å². The molecule has 0 amide bonds. The second-order valence-electron chi connectivity index (χ2n) is 5.11. The summed E-state index contributed by atoms with van der Waals surface area (Å²) in [4.78, 5) is 4.67. The van der Waals surface area contributed by atoms with Crippen molar-refractivity contribution in [3.8, 4) is 0 Å². The molecule has 2 heteroatoms. The standard InChI is InChI=1S/C13H23NO/c15-13-9-5-4-6-11(13)10-14-12-7-2-1-3-8-12/h10-13,15H,1-9H2. The minimum atomic E-state index is -0.119. The van der Waals surface area contributed by atoms with Crippen molar-refractivity contribution in [1.29, 1.82) is 0 Å². The first kappa shape index (κ1) is 11.1. The largest absolute Gasteiger partial charge is 0.392 e. The number of aliphatic hydroxyl groups excluding tert-OH is 1. The average molecular weight is 209 g/mol. The maximum absolute atomic E-state index is 9.81. The van der Waals surface area contributed by atoms with E-state index in [-0.39, 0.29) is 6.10 Å². The normalized spacial score (nSPS) is 34.7. The Morgan fingerprint density at radius 1 is 0.867 bits per heavy atom. The second kappa shape index (κ2) is 5.64. The molecule has 2 fully saturated rings. The molecule has 0 bridgehead atoms. The van der Waals surface area contributed by atoms with Crippen LogP contribution in [0.25, 0.3) is 0 Å². The smallest absolute Gasteiger partial charge is 0.0617 e. The van der Waals surface area contributed by atoms with Gasteiger partial charge in [0.15, 0.2) is 0 Å². The molecule has 1 N–H and O–H groups in total. The number of hydrogen-bond donors (Lipinski definition) is 1. The van der Waals surface area contributed by atoms with Crippen molar-refractivity contribution in [2.24, 2.45) is 10.9 Å². The van der Waals surface area contributed by atoms with E-state index in [4.69, 9.17) is 0 Å². The molecule has 2 saturated carbocycles. The van der Waals surface area contributed by atoms with E-state index in [9.17, 15) is 5.11 Å². The van der Waals surface area contributed by atoms with E-state index in [1.807, 2.05) is 0 Å². The van der Waals surface area contributed by atoms with Gasteiger partial charge >= 0.3 is 0 Å². The molecule has 2 atom stereocenters. The van der Waals surface area contributed by atoms with E-state index in [0.29, 0.717) is 12.0 Å². The molecule has 2 aliphatic rings. The van der Waals surface area contributed by atoms with Gasteiger partial charge in [0, 0.05) is 18.2 Å². The third-order valence-corrected chi connectivity index (χ3v) is 3.84. The predicted octanol–water partition coefficient (Wildman–Crippen LogP) is 2.94. The summed E-state index contributed by atoms with van der Waals surface area (Å²) in [5, 5.41) is 9.81. The third-order valence-electron chi connectivity index (χ3n) is 3.84. The number of aliphatic hydroxyl groups is 1. The molecule has 0 aliphatic heterocycles. The summed E-state index contributed by atoms with van der Waals surface area (Å²) < 4.78 is 0. The molecular formula is C13H23NO. The molecule has 2 nitrogen and oxygen atoms in total. The Kier molecular flexibility index (Phi) is 4.18. The molecule has 2 rings (SSSR count). The van der Waals surface area contributed by atoms with Crippen LogP contribution in [0.15, 0.2) is 4.99 Å². The summed E-state index contributed by atoms with van der Waals surface area (Å²) in [6.07, 6.45) is 13.1. The van der Waals surface area contributed by atoms with Gasteiger partial charge < -0.3 is 5.11 Å². The van der Waals surface area contributed by atoms with E-state index in [1.54, 1.807) is 0 Å². The molecule has 0 saturated heterocycles. The summed E-state index contributed by atoms with van der Waals surface area (Å²) in [5.41, 5.74) is 0. The quantitative estimate of drug-likeness (QED) is 0.697. The molecule has 86 valence electrons. The fraction of sp³-hybridized carbons (Fsp3) is 0.923. The number of aliphatic imine (C=N–C) groups is 1. The van der Waals surface area contributed by atoms with Gasteiger partial charge in [-0.1, -0.05) is 32.1 Å². The highest BCUT2D eigenvalue weighted by atomic mass is 16.3. The molecule has 2 aliphatic carbocycles. The van der Waals surface area contributed by atoms with Crippen LogP contribution in [-0.2, 0) is 0 Å². The highest BCUT2D eigenvalue weighted by Crippen LogP contribution is 2.24. The molecule has 0 aromatic rings. The van der Waals surface area contributed by atoms with Crippen molar-refractivity contribution in [3.63, 3.8) is 0 Å². The lowest BCUT2D eigenvalue weighted by molar-refractivity contribution is 0.103. The summed E-state index contributed by atoms with van der Waals surface area (Å²) in [5.74, 6) is 0.348. The molecule has 0 radical (unpaired) electrons. The Balaban J connectivity index is 1.80. The minimum Gasteiger partial charge on any atom is -0.392 e.